The Balaban J connectivity index is 3.22. The van der Waals surface area contributed by atoms with Crippen LogP contribution in [0.25, 0.3) is 0 Å². The molecule has 0 heterocycles. The van der Waals surface area contributed by atoms with Crippen LogP contribution in [0.3, 0.4) is 0 Å². The summed E-state index contributed by atoms with van der Waals surface area (Å²) >= 11 is 7.10. The molecule has 0 aliphatic heterocycles. The second-order valence-corrected chi connectivity index (χ2v) is 10.3. The molecule has 3 heteroatoms. The van der Waals surface area contributed by atoms with Gasteiger partial charge in [0.1, 0.15) is 12.4 Å². The molecule has 0 saturated carbocycles. The minimum atomic E-state index is 0.156. The molecular weight excluding hydrogens is 404 g/mol. The Hall–Kier alpha value is -0.0200. The van der Waals surface area contributed by atoms with Crippen molar-refractivity contribution in [3.63, 3.8) is 0 Å². The minimum Gasteiger partial charge on any atom is -0.492 e. The van der Waals surface area contributed by atoms with Gasteiger partial charge in [-0.2, -0.15) is 0 Å². The van der Waals surface area contributed by atoms with E-state index in [9.17, 15) is 0 Å². The van der Waals surface area contributed by atoms with Gasteiger partial charge < -0.3 is 4.74 Å². The third-order valence-electron chi connectivity index (χ3n) is 3.51. The van der Waals surface area contributed by atoms with Crippen LogP contribution in [0.15, 0.2) is 12.1 Å². The van der Waals surface area contributed by atoms with Crippen molar-refractivity contribution < 1.29 is 4.74 Å². The smallest absolute Gasteiger partial charge is 0.125 e. The van der Waals surface area contributed by atoms with Gasteiger partial charge in [-0.25, -0.2) is 0 Å². The molecule has 0 fully saturated rings. The van der Waals surface area contributed by atoms with E-state index in [1.165, 1.54) is 16.7 Å². The maximum absolute atomic E-state index is 6.16. The third kappa shape index (κ3) is 6.23. The van der Waals surface area contributed by atoms with Gasteiger partial charge in [-0.1, -0.05) is 85.5 Å². The summed E-state index contributed by atoms with van der Waals surface area (Å²) in [6.07, 6.45) is 1.02. The average molecular weight is 434 g/mol. The van der Waals surface area contributed by atoms with Crippen molar-refractivity contribution in [2.45, 2.75) is 65.1 Å². The maximum Gasteiger partial charge on any atom is 0.125 e. The number of ether oxygens (including phenoxy) is 1. The van der Waals surface area contributed by atoms with Gasteiger partial charge in [0.05, 0.1) is 4.83 Å². The summed E-state index contributed by atoms with van der Waals surface area (Å²) in [5, 5.41) is 0.890. The highest BCUT2D eigenvalue weighted by molar-refractivity contribution is 9.12. The quantitative estimate of drug-likeness (QED) is 0.486. The van der Waals surface area contributed by atoms with Gasteiger partial charge in [-0.3, -0.25) is 0 Å². The van der Waals surface area contributed by atoms with Crippen LogP contribution in [0.1, 0.15) is 58.2 Å². The molecule has 22 heavy (non-hydrogen) atoms. The van der Waals surface area contributed by atoms with Crippen molar-refractivity contribution in [2.75, 3.05) is 11.9 Å². The number of benzene rings is 1. The number of halogens is 2. The Bertz CT molecular complexity index is 495. The highest BCUT2D eigenvalue weighted by Gasteiger charge is 2.22. The van der Waals surface area contributed by atoms with Gasteiger partial charge in [0, 0.05) is 5.33 Å². The largest absolute Gasteiger partial charge is 0.492 e. The van der Waals surface area contributed by atoms with Crippen LogP contribution in [0, 0.1) is 12.3 Å². The topological polar surface area (TPSA) is 9.23 Å². The molecule has 0 bridgehead atoms. The number of aryl methyl sites for hydroxylation is 1. The Labute approximate surface area is 153 Å². The number of hydrogen-bond donors (Lipinski definition) is 0. The molecule has 1 aromatic carbocycles. The van der Waals surface area contributed by atoms with Crippen LogP contribution in [0.4, 0.5) is 0 Å². The van der Waals surface area contributed by atoms with Crippen molar-refractivity contribution in [3.05, 3.63) is 28.8 Å². The summed E-state index contributed by atoms with van der Waals surface area (Å²) in [4.78, 5) is 0.330. The predicted octanol–water partition coefficient (Wildman–Crippen LogP) is 6.42. The summed E-state index contributed by atoms with van der Waals surface area (Å²) < 4.78 is 6.16. The van der Waals surface area contributed by atoms with E-state index in [4.69, 9.17) is 4.74 Å². The first-order valence-corrected chi connectivity index (χ1v) is 9.94. The van der Waals surface area contributed by atoms with E-state index >= 15 is 0 Å². The molecule has 0 spiro atoms. The van der Waals surface area contributed by atoms with E-state index in [2.05, 4.69) is 92.5 Å². The van der Waals surface area contributed by atoms with E-state index in [1.54, 1.807) is 0 Å². The maximum atomic E-state index is 6.16. The number of hydrogen-bond acceptors (Lipinski definition) is 1. The Morgan fingerprint density at radius 1 is 1.09 bits per heavy atom. The summed E-state index contributed by atoms with van der Waals surface area (Å²) in [6, 6.07) is 4.61. The first kappa shape index (κ1) is 20.0. The van der Waals surface area contributed by atoms with E-state index in [-0.39, 0.29) is 10.8 Å². The zero-order valence-electron chi connectivity index (χ0n) is 15.0. The number of alkyl halides is 2. The molecule has 0 amide bonds. The normalized spacial score (nSPS) is 14.0. The van der Waals surface area contributed by atoms with Crippen LogP contribution in [0.2, 0.25) is 0 Å². The highest BCUT2D eigenvalue weighted by atomic mass is 79.9. The van der Waals surface area contributed by atoms with Gasteiger partial charge in [-0.05, 0) is 40.9 Å². The van der Waals surface area contributed by atoms with E-state index in [0.717, 1.165) is 17.5 Å². The van der Waals surface area contributed by atoms with E-state index < -0.39 is 0 Å². The van der Waals surface area contributed by atoms with Crippen molar-refractivity contribution in [2.24, 2.45) is 5.41 Å². The van der Waals surface area contributed by atoms with Gasteiger partial charge >= 0.3 is 0 Å². The van der Waals surface area contributed by atoms with Crippen LogP contribution in [0.5, 0.6) is 5.75 Å². The van der Waals surface area contributed by atoms with Gasteiger partial charge in [0.25, 0.3) is 0 Å². The molecule has 0 aliphatic rings. The first-order valence-electron chi connectivity index (χ1n) is 7.91. The molecule has 0 aliphatic carbocycles. The summed E-state index contributed by atoms with van der Waals surface area (Å²) in [5.41, 5.74) is 4.34. The first-order chi connectivity index (χ1) is 9.94. The summed E-state index contributed by atoms with van der Waals surface area (Å²) in [5.74, 6) is 1.06. The molecule has 0 saturated heterocycles. The van der Waals surface area contributed by atoms with Crippen molar-refractivity contribution in [3.8, 4) is 5.75 Å². The molecular formula is C19H30Br2O. The zero-order valence-corrected chi connectivity index (χ0v) is 18.2. The van der Waals surface area contributed by atoms with E-state index in [0.29, 0.717) is 11.4 Å². The fourth-order valence-corrected chi connectivity index (χ4v) is 2.73. The fourth-order valence-electron chi connectivity index (χ4n) is 2.41. The van der Waals surface area contributed by atoms with Crippen molar-refractivity contribution in [1.29, 1.82) is 0 Å². The molecule has 1 aromatic rings. The standard InChI is InChI=1S/C19H30Br2O/c1-13-8-15(19(5,6)7)9-14(10-18(2,3)4)17(13)22-12-16(21)11-20/h8-9,16H,10-12H2,1-7H3. The zero-order chi connectivity index (χ0) is 17.1. The van der Waals surface area contributed by atoms with Gasteiger partial charge in [-0.15, -0.1) is 0 Å². The average Bonchev–Trinajstić information content (AvgIpc) is 2.34. The second kappa shape index (κ2) is 7.70. The Kier molecular flexibility index (Phi) is 7.01. The molecule has 1 atom stereocenters. The van der Waals surface area contributed by atoms with Crippen LogP contribution in [-0.4, -0.2) is 16.8 Å². The predicted molar refractivity (Wildman–Crippen MR) is 105 cm³/mol. The van der Waals surface area contributed by atoms with Crippen LogP contribution >= 0.6 is 31.9 Å². The second-order valence-electron chi connectivity index (χ2n) is 8.33. The molecule has 1 nitrogen and oxygen atoms in total. The lowest BCUT2D eigenvalue weighted by atomic mass is 9.81. The van der Waals surface area contributed by atoms with Gasteiger partial charge in [0.15, 0.2) is 0 Å². The number of rotatable bonds is 5. The monoisotopic (exact) mass is 432 g/mol. The van der Waals surface area contributed by atoms with Crippen molar-refractivity contribution in [1.82, 2.24) is 0 Å². The molecule has 1 rings (SSSR count). The molecule has 0 N–H and O–H groups in total. The van der Waals surface area contributed by atoms with Gasteiger partial charge in [0.2, 0.25) is 0 Å². The summed E-state index contributed by atoms with van der Waals surface area (Å²) in [6.45, 7) is 16.5. The Morgan fingerprint density at radius 3 is 2.14 bits per heavy atom. The molecule has 0 radical (unpaired) electrons. The molecule has 1 unspecified atom stereocenters. The lowest BCUT2D eigenvalue weighted by molar-refractivity contribution is 0.312. The SMILES string of the molecule is Cc1cc(C(C)(C)C)cc(CC(C)(C)C)c1OCC(Br)CBr. The van der Waals surface area contributed by atoms with Crippen molar-refractivity contribution >= 4 is 31.9 Å². The third-order valence-corrected chi connectivity index (χ3v) is 5.75. The summed E-state index contributed by atoms with van der Waals surface area (Å²) in [7, 11) is 0. The minimum absolute atomic E-state index is 0.156. The highest BCUT2D eigenvalue weighted by Crippen LogP contribution is 2.35. The fraction of sp³-hybridized carbons (Fsp3) is 0.684. The molecule has 126 valence electrons. The Morgan fingerprint density at radius 2 is 1.68 bits per heavy atom. The van der Waals surface area contributed by atoms with E-state index in [1.807, 2.05) is 0 Å². The lowest BCUT2D eigenvalue weighted by Crippen LogP contribution is -2.18. The lowest BCUT2D eigenvalue weighted by Gasteiger charge is -2.26. The molecule has 0 aromatic heterocycles. The van der Waals surface area contributed by atoms with Crippen LogP contribution in [-0.2, 0) is 11.8 Å². The van der Waals surface area contributed by atoms with Crippen LogP contribution < -0.4 is 4.74 Å².